The molecule has 19 heavy (non-hydrogen) atoms. The predicted molar refractivity (Wildman–Crippen MR) is 83.7 cm³/mol. The Kier molecular flexibility index (Phi) is 4.47. The molecule has 0 aliphatic heterocycles. The summed E-state index contributed by atoms with van der Waals surface area (Å²) < 4.78 is 0. The summed E-state index contributed by atoms with van der Waals surface area (Å²) in [6.07, 6.45) is 1.66. The Morgan fingerprint density at radius 1 is 1.05 bits per heavy atom. The number of rotatable bonds is 4. The maximum Gasteiger partial charge on any atom is 0.184 e. The van der Waals surface area contributed by atoms with Crippen molar-refractivity contribution < 1.29 is 0 Å². The molecule has 0 bridgehead atoms. The number of hydrazone groups is 1. The summed E-state index contributed by atoms with van der Waals surface area (Å²) in [5.41, 5.74) is 10.8. The lowest BCUT2D eigenvalue weighted by Gasteiger charge is -2.06. The van der Waals surface area contributed by atoms with Crippen molar-refractivity contribution in [3.63, 3.8) is 0 Å². The fourth-order valence-electron chi connectivity index (χ4n) is 1.56. The van der Waals surface area contributed by atoms with Gasteiger partial charge in [0.2, 0.25) is 0 Å². The largest absolute Gasteiger partial charge is 0.375 e. The first-order valence-electron chi connectivity index (χ1n) is 5.75. The number of para-hydroxylation sites is 1. The zero-order chi connectivity index (χ0) is 13.5. The van der Waals surface area contributed by atoms with Crippen molar-refractivity contribution in [1.82, 2.24) is 5.43 Å². The first-order valence-corrected chi connectivity index (χ1v) is 6.15. The van der Waals surface area contributed by atoms with Gasteiger partial charge in [-0.2, -0.15) is 5.10 Å². The van der Waals surface area contributed by atoms with Gasteiger partial charge in [0.1, 0.15) is 0 Å². The number of anilines is 2. The normalized spacial score (nSPS) is 10.3. The van der Waals surface area contributed by atoms with Crippen molar-refractivity contribution in [3.8, 4) is 0 Å². The highest BCUT2D eigenvalue weighted by molar-refractivity contribution is 7.80. The smallest absolute Gasteiger partial charge is 0.184 e. The molecule has 4 nitrogen and oxygen atoms in total. The number of nitrogens with one attached hydrogen (secondary N) is 2. The van der Waals surface area contributed by atoms with Crippen LogP contribution < -0.4 is 16.5 Å². The van der Waals surface area contributed by atoms with E-state index in [2.05, 4.69) is 28.1 Å². The van der Waals surface area contributed by atoms with E-state index in [-0.39, 0.29) is 5.11 Å². The van der Waals surface area contributed by atoms with Crippen molar-refractivity contribution >= 4 is 34.9 Å². The van der Waals surface area contributed by atoms with E-state index in [0.717, 1.165) is 16.9 Å². The molecule has 96 valence electrons. The van der Waals surface area contributed by atoms with E-state index < -0.39 is 0 Å². The lowest BCUT2D eigenvalue weighted by atomic mass is 10.2. The lowest BCUT2D eigenvalue weighted by molar-refractivity contribution is 1.04. The first-order chi connectivity index (χ1) is 9.24. The van der Waals surface area contributed by atoms with E-state index in [9.17, 15) is 0 Å². The van der Waals surface area contributed by atoms with Crippen LogP contribution in [0.1, 0.15) is 5.56 Å². The Hall–Kier alpha value is -2.40. The molecule has 2 rings (SSSR count). The third-order valence-electron chi connectivity index (χ3n) is 2.34. The van der Waals surface area contributed by atoms with E-state index in [4.69, 9.17) is 5.73 Å². The summed E-state index contributed by atoms with van der Waals surface area (Å²) in [4.78, 5) is 0. The van der Waals surface area contributed by atoms with E-state index in [1.165, 1.54) is 0 Å². The first kappa shape index (κ1) is 13.0. The second-order valence-electron chi connectivity index (χ2n) is 3.85. The number of nitrogens with zero attached hydrogens (tertiary/aromatic N) is 1. The predicted octanol–water partition coefficient (Wildman–Crippen LogP) is 2.60. The summed E-state index contributed by atoms with van der Waals surface area (Å²) in [7, 11) is 0. The standard InChI is InChI=1S/C14H14N4S/c15-14(19)18-16-10-11-5-4-8-13(9-11)17-12-6-2-1-3-7-12/h1-10,17H,(H3,15,18,19). The molecule has 0 atom stereocenters. The zero-order valence-electron chi connectivity index (χ0n) is 10.2. The fraction of sp³-hybridized carbons (Fsp3) is 0. The maximum atomic E-state index is 5.28. The van der Waals surface area contributed by atoms with E-state index >= 15 is 0 Å². The average Bonchev–Trinajstić information content (AvgIpc) is 2.40. The molecule has 2 aromatic carbocycles. The number of benzene rings is 2. The molecule has 5 heteroatoms. The Morgan fingerprint density at radius 2 is 1.79 bits per heavy atom. The second kappa shape index (κ2) is 6.51. The van der Waals surface area contributed by atoms with Gasteiger partial charge in [-0.05, 0) is 42.0 Å². The maximum absolute atomic E-state index is 5.28. The van der Waals surface area contributed by atoms with Crippen LogP contribution in [0.4, 0.5) is 11.4 Å². The molecule has 0 saturated carbocycles. The van der Waals surface area contributed by atoms with E-state index in [1.54, 1.807) is 6.21 Å². The lowest BCUT2D eigenvalue weighted by Crippen LogP contribution is -2.23. The van der Waals surface area contributed by atoms with Gasteiger partial charge in [-0.1, -0.05) is 30.3 Å². The Bertz CT molecular complexity index is 581. The molecular weight excluding hydrogens is 256 g/mol. The average molecular weight is 270 g/mol. The van der Waals surface area contributed by atoms with Crippen LogP contribution in [0.25, 0.3) is 0 Å². The van der Waals surface area contributed by atoms with Crippen molar-refractivity contribution in [1.29, 1.82) is 0 Å². The van der Waals surface area contributed by atoms with Gasteiger partial charge in [0.05, 0.1) is 6.21 Å². The third kappa shape index (κ3) is 4.40. The molecule has 0 aliphatic carbocycles. The highest BCUT2D eigenvalue weighted by Gasteiger charge is 1.95. The van der Waals surface area contributed by atoms with Gasteiger partial charge in [-0.15, -0.1) is 0 Å². The van der Waals surface area contributed by atoms with Crippen molar-refractivity contribution in [2.24, 2.45) is 10.8 Å². The van der Waals surface area contributed by atoms with Crippen LogP contribution in [0.5, 0.6) is 0 Å². The molecule has 0 radical (unpaired) electrons. The second-order valence-corrected chi connectivity index (χ2v) is 4.29. The van der Waals surface area contributed by atoms with Crippen LogP contribution in [-0.4, -0.2) is 11.3 Å². The SMILES string of the molecule is NC(=S)NN=Cc1cccc(Nc2ccccc2)c1. The Morgan fingerprint density at radius 3 is 2.53 bits per heavy atom. The van der Waals surface area contributed by atoms with Gasteiger partial charge >= 0.3 is 0 Å². The molecule has 0 saturated heterocycles. The zero-order valence-corrected chi connectivity index (χ0v) is 11.0. The molecule has 0 aromatic heterocycles. The van der Waals surface area contributed by atoms with Gasteiger partial charge in [0.15, 0.2) is 5.11 Å². The molecule has 2 aromatic rings. The summed E-state index contributed by atoms with van der Waals surface area (Å²) in [5.74, 6) is 0. The molecular formula is C14H14N4S. The highest BCUT2D eigenvalue weighted by atomic mass is 32.1. The van der Waals surface area contributed by atoms with E-state index in [1.807, 2.05) is 54.6 Å². The van der Waals surface area contributed by atoms with Gasteiger partial charge in [-0.3, -0.25) is 5.43 Å². The van der Waals surface area contributed by atoms with Gasteiger partial charge in [0, 0.05) is 11.4 Å². The summed E-state index contributed by atoms with van der Waals surface area (Å²) >= 11 is 4.66. The molecule has 0 unspecified atom stereocenters. The molecule has 0 spiro atoms. The minimum absolute atomic E-state index is 0.148. The molecule has 4 N–H and O–H groups in total. The molecule has 0 amide bonds. The number of hydrogen-bond donors (Lipinski definition) is 3. The molecule has 0 heterocycles. The Balaban J connectivity index is 2.07. The summed E-state index contributed by atoms with van der Waals surface area (Å²) in [6.45, 7) is 0. The molecule has 0 fully saturated rings. The summed E-state index contributed by atoms with van der Waals surface area (Å²) in [6, 6.07) is 17.8. The van der Waals surface area contributed by atoms with Gasteiger partial charge in [-0.25, -0.2) is 0 Å². The molecule has 0 aliphatic rings. The van der Waals surface area contributed by atoms with E-state index in [0.29, 0.717) is 0 Å². The quantitative estimate of drug-likeness (QED) is 0.454. The monoisotopic (exact) mass is 270 g/mol. The fourth-order valence-corrected chi connectivity index (χ4v) is 1.61. The third-order valence-corrected chi connectivity index (χ3v) is 2.43. The van der Waals surface area contributed by atoms with Gasteiger partial charge in [0.25, 0.3) is 0 Å². The summed E-state index contributed by atoms with van der Waals surface area (Å²) in [5, 5.41) is 7.38. The van der Waals surface area contributed by atoms with Crippen LogP contribution in [0.15, 0.2) is 59.7 Å². The van der Waals surface area contributed by atoms with Crippen molar-refractivity contribution in [2.75, 3.05) is 5.32 Å². The van der Waals surface area contributed by atoms with Crippen LogP contribution in [-0.2, 0) is 0 Å². The number of nitrogens with two attached hydrogens (primary N) is 1. The number of thiocarbonyl (C=S) groups is 1. The van der Waals surface area contributed by atoms with Crippen LogP contribution >= 0.6 is 12.2 Å². The minimum Gasteiger partial charge on any atom is -0.375 e. The van der Waals surface area contributed by atoms with Crippen molar-refractivity contribution in [2.45, 2.75) is 0 Å². The topological polar surface area (TPSA) is 62.4 Å². The van der Waals surface area contributed by atoms with Crippen molar-refractivity contribution in [3.05, 3.63) is 60.2 Å². The number of hydrogen-bond acceptors (Lipinski definition) is 3. The highest BCUT2D eigenvalue weighted by Crippen LogP contribution is 2.16. The van der Waals surface area contributed by atoms with Crippen LogP contribution in [0.2, 0.25) is 0 Å². The minimum atomic E-state index is 0.148. The van der Waals surface area contributed by atoms with Crippen LogP contribution in [0.3, 0.4) is 0 Å². The Labute approximate surface area is 117 Å². The van der Waals surface area contributed by atoms with Crippen LogP contribution in [0, 0.1) is 0 Å². The van der Waals surface area contributed by atoms with Gasteiger partial charge < -0.3 is 11.1 Å².